The summed E-state index contributed by atoms with van der Waals surface area (Å²) in [5.74, 6) is 0.990. The Balaban J connectivity index is 1.66. The third-order valence-electron chi connectivity index (χ3n) is 4.75. The van der Waals surface area contributed by atoms with E-state index in [1.807, 2.05) is 0 Å². The van der Waals surface area contributed by atoms with Gasteiger partial charge >= 0.3 is 0 Å². The van der Waals surface area contributed by atoms with E-state index in [9.17, 15) is 9.18 Å². The summed E-state index contributed by atoms with van der Waals surface area (Å²) in [6, 6.07) is 6.58. The van der Waals surface area contributed by atoms with Gasteiger partial charge in [-0.3, -0.25) is 4.79 Å². The van der Waals surface area contributed by atoms with Crippen molar-refractivity contribution in [3.8, 4) is 0 Å². The summed E-state index contributed by atoms with van der Waals surface area (Å²) in [6.07, 6.45) is 3.61. The third-order valence-corrected chi connectivity index (χ3v) is 4.75. The van der Waals surface area contributed by atoms with Crippen LogP contribution < -0.4 is 5.32 Å². The molecule has 1 aromatic carbocycles. The lowest BCUT2D eigenvalue weighted by Crippen LogP contribution is -2.44. The first-order valence-electron chi connectivity index (χ1n) is 7.38. The molecule has 3 atom stereocenters. The Kier molecular flexibility index (Phi) is 3.74. The number of hydrogen-bond acceptors (Lipinski definition) is 2. The molecule has 0 bridgehead atoms. The highest BCUT2D eigenvalue weighted by Gasteiger charge is 2.43. The van der Waals surface area contributed by atoms with Gasteiger partial charge in [0.1, 0.15) is 5.82 Å². The minimum Gasteiger partial charge on any atom is -0.340 e. The van der Waals surface area contributed by atoms with Crippen molar-refractivity contribution in [1.82, 2.24) is 10.2 Å². The Bertz CT molecular complexity index is 505. The second kappa shape index (κ2) is 5.52. The highest BCUT2D eigenvalue weighted by atomic mass is 19.1. The molecule has 1 saturated carbocycles. The number of nitrogens with zero attached hydrogens (tertiary/aromatic N) is 1. The van der Waals surface area contributed by atoms with Crippen molar-refractivity contribution >= 4 is 5.91 Å². The fourth-order valence-electron chi connectivity index (χ4n) is 3.66. The van der Waals surface area contributed by atoms with Gasteiger partial charge in [0, 0.05) is 19.2 Å². The highest BCUT2D eigenvalue weighted by molar-refractivity contribution is 5.82. The van der Waals surface area contributed by atoms with Crippen molar-refractivity contribution in [3.63, 3.8) is 0 Å². The molecule has 3 unspecified atom stereocenters. The second-order valence-corrected chi connectivity index (χ2v) is 6.03. The Morgan fingerprint density at radius 3 is 3.00 bits per heavy atom. The van der Waals surface area contributed by atoms with Crippen molar-refractivity contribution in [1.29, 1.82) is 0 Å². The maximum atomic E-state index is 13.7. The maximum absolute atomic E-state index is 13.7. The Morgan fingerprint density at radius 2 is 2.20 bits per heavy atom. The normalized spacial score (nSPS) is 28.4. The summed E-state index contributed by atoms with van der Waals surface area (Å²) in [6.45, 7) is 1.29. The highest BCUT2D eigenvalue weighted by Crippen LogP contribution is 2.38. The topological polar surface area (TPSA) is 32.3 Å². The number of carbonyl (C=O) groups is 1. The van der Waals surface area contributed by atoms with Crippen LogP contribution in [0, 0.1) is 17.7 Å². The predicted octanol–water partition coefficient (Wildman–Crippen LogP) is 2.17. The van der Waals surface area contributed by atoms with Crippen molar-refractivity contribution in [3.05, 3.63) is 35.6 Å². The van der Waals surface area contributed by atoms with Crippen molar-refractivity contribution in [2.45, 2.75) is 31.8 Å². The van der Waals surface area contributed by atoms with Gasteiger partial charge in [-0.2, -0.15) is 0 Å². The molecule has 0 spiro atoms. The summed E-state index contributed by atoms with van der Waals surface area (Å²) < 4.78 is 13.7. The van der Waals surface area contributed by atoms with E-state index < -0.39 is 0 Å². The Hall–Kier alpha value is -1.42. The first-order chi connectivity index (χ1) is 9.66. The summed E-state index contributed by atoms with van der Waals surface area (Å²) >= 11 is 0. The molecular weight excluding hydrogens is 255 g/mol. The molecule has 1 aromatic rings. The lowest BCUT2D eigenvalue weighted by Gasteiger charge is -2.24. The molecule has 20 heavy (non-hydrogen) atoms. The summed E-state index contributed by atoms with van der Waals surface area (Å²) in [5, 5.41) is 3.35. The van der Waals surface area contributed by atoms with E-state index >= 15 is 0 Å². The summed E-state index contributed by atoms with van der Waals surface area (Å²) in [4.78, 5) is 14.2. The van der Waals surface area contributed by atoms with E-state index in [-0.39, 0.29) is 17.8 Å². The van der Waals surface area contributed by atoms with Crippen LogP contribution in [0.15, 0.2) is 24.3 Å². The van der Waals surface area contributed by atoms with Crippen LogP contribution in [-0.4, -0.2) is 30.4 Å². The van der Waals surface area contributed by atoms with Crippen LogP contribution in [0.3, 0.4) is 0 Å². The monoisotopic (exact) mass is 276 g/mol. The van der Waals surface area contributed by atoms with Gasteiger partial charge in [0.2, 0.25) is 5.91 Å². The first-order valence-corrected chi connectivity index (χ1v) is 7.38. The van der Waals surface area contributed by atoms with Gasteiger partial charge in [-0.05, 0) is 37.3 Å². The number of halogens is 1. The van der Waals surface area contributed by atoms with Gasteiger partial charge in [0.05, 0.1) is 6.04 Å². The predicted molar refractivity (Wildman–Crippen MR) is 75.5 cm³/mol. The zero-order chi connectivity index (χ0) is 14.1. The van der Waals surface area contributed by atoms with Crippen molar-refractivity contribution < 1.29 is 9.18 Å². The summed E-state index contributed by atoms with van der Waals surface area (Å²) in [5.41, 5.74) is 0.573. The van der Waals surface area contributed by atoms with Crippen LogP contribution in [0.5, 0.6) is 0 Å². The van der Waals surface area contributed by atoms with E-state index in [2.05, 4.69) is 5.32 Å². The Morgan fingerprint density at radius 1 is 1.40 bits per heavy atom. The molecule has 4 heteroatoms. The van der Waals surface area contributed by atoms with Gasteiger partial charge < -0.3 is 10.2 Å². The fraction of sp³-hybridized carbons (Fsp3) is 0.562. The van der Waals surface area contributed by atoms with Crippen LogP contribution in [0.4, 0.5) is 4.39 Å². The molecule has 1 aliphatic heterocycles. The molecule has 1 aliphatic carbocycles. The van der Waals surface area contributed by atoms with Crippen LogP contribution in [-0.2, 0) is 11.3 Å². The van der Waals surface area contributed by atoms with E-state index in [4.69, 9.17) is 0 Å². The average Bonchev–Trinajstić information content (AvgIpc) is 3.03. The van der Waals surface area contributed by atoms with E-state index in [0.29, 0.717) is 23.9 Å². The molecule has 108 valence electrons. The molecule has 3 rings (SSSR count). The molecule has 1 saturated heterocycles. The number of fused-ring (bicyclic) bond motifs is 1. The lowest BCUT2D eigenvalue weighted by molar-refractivity contribution is -0.133. The molecule has 3 nitrogen and oxygen atoms in total. The largest absolute Gasteiger partial charge is 0.340 e. The maximum Gasteiger partial charge on any atom is 0.240 e. The van der Waals surface area contributed by atoms with Crippen LogP contribution in [0.25, 0.3) is 0 Å². The number of benzene rings is 1. The van der Waals surface area contributed by atoms with Gasteiger partial charge in [-0.15, -0.1) is 0 Å². The molecule has 0 aromatic heterocycles. The molecule has 0 radical (unpaired) electrons. The number of nitrogens with one attached hydrogen (secondary N) is 1. The van der Waals surface area contributed by atoms with E-state index in [0.717, 1.165) is 13.0 Å². The van der Waals surface area contributed by atoms with E-state index in [1.54, 1.807) is 30.1 Å². The number of likely N-dealkylation sites (N-methyl/N-ethyl adjacent to an activating group) is 1. The van der Waals surface area contributed by atoms with Gasteiger partial charge in [-0.1, -0.05) is 24.6 Å². The number of amides is 1. The van der Waals surface area contributed by atoms with Crippen molar-refractivity contribution in [2.24, 2.45) is 11.8 Å². The van der Waals surface area contributed by atoms with Crippen LogP contribution >= 0.6 is 0 Å². The average molecular weight is 276 g/mol. The lowest BCUT2D eigenvalue weighted by atomic mass is 9.93. The number of hydrogen-bond donors (Lipinski definition) is 1. The van der Waals surface area contributed by atoms with Crippen molar-refractivity contribution in [2.75, 3.05) is 13.6 Å². The molecule has 2 fully saturated rings. The zero-order valence-corrected chi connectivity index (χ0v) is 11.8. The quantitative estimate of drug-likeness (QED) is 0.917. The number of rotatable bonds is 3. The molecule has 1 amide bonds. The minimum absolute atomic E-state index is 0.0701. The molecule has 1 N–H and O–H groups in total. The second-order valence-electron chi connectivity index (χ2n) is 6.03. The third kappa shape index (κ3) is 2.44. The molecule has 2 aliphatic rings. The van der Waals surface area contributed by atoms with E-state index in [1.165, 1.54) is 18.9 Å². The zero-order valence-electron chi connectivity index (χ0n) is 11.8. The van der Waals surface area contributed by atoms with Gasteiger partial charge in [0.25, 0.3) is 0 Å². The Labute approximate surface area is 119 Å². The molecule has 1 heterocycles. The molecular formula is C16H21FN2O. The number of carbonyl (C=O) groups excluding carboxylic acids is 1. The summed E-state index contributed by atoms with van der Waals surface area (Å²) in [7, 11) is 1.76. The van der Waals surface area contributed by atoms with Gasteiger partial charge in [-0.25, -0.2) is 4.39 Å². The fourth-order valence-corrected chi connectivity index (χ4v) is 3.66. The van der Waals surface area contributed by atoms with Gasteiger partial charge in [0.15, 0.2) is 0 Å². The first kappa shape index (κ1) is 13.6. The minimum atomic E-state index is -0.245. The van der Waals surface area contributed by atoms with Crippen LogP contribution in [0.1, 0.15) is 24.8 Å². The SMILES string of the molecule is CN(Cc1ccccc1F)C(=O)C1NCC2CCCC21. The standard InChI is InChI=1S/C16H21FN2O/c1-19(10-12-5-2-3-8-14(12)17)16(20)15-13-7-4-6-11(13)9-18-15/h2-3,5,8,11,13,15,18H,4,6-7,9-10H2,1H3. The van der Waals surface area contributed by atoms with Crippen LogP contribution in [0.2, 0.25) is 0 Å². The smallest absolute Gasteiger partial charge is 0.240 e.